The fourth-order valence-electron chi connectivity index (χ4n) is 3.32. The molecule has 0 aromatic heterocycles. The van der Waals surface area contributed by atoms with Gasteiger partial charge in [0, 0.05) is 38.4 Å². The van der Waals surface area contributed by atoms with Gasteiger partial charge in [0.1, 0.15) is 6.23 Å². The summed E-state index contributed by atoms with van der Waals surface area (Å²) in [5.74, 6) is 1.19. The first-order valence-electron chi connectivity index (χ1n) is 11.0. The Morgan fingerprint density at radius 1 is 1.14 bits per heavy atom. The number of allylic oxidation sites excluding steroid dienone is 1. The van der Waals surface area contributed by atoms with E-state index in [9.17, 15) is 5.11 Å². The van der Waals surface area contributed by atoms with Crippen molar-refractivity contribution in [3.8, 4) is 0 Å². The van der Waals surface area contributed by atoms with E-state index < -0.39 is 6.23 Å². The Morgan fingerprint density at radius 3 is 2.17 bits per heavy atom. The van der Waals surface area contributed by atoms with Crippen molar-refractivity contribution in [3.63, 3.8) is 0 Å². The summed E-state index contributed by atoms with van der Waals surface area (Å²) in [5, 5.41) is 17.4. The van der Waals surface area contributed by atoms with Gasteiger partial charge in [-0.2, -0.15) is 0 Å². The van der Waals surface area contributed by atoms with Gasteiger partial charge in [0.25, 0.3) is 0 Å². The lowest BCUT2D eigenvalue weighted by molar-refractivity contribution is -0.0727. The molecule has 1 unspecified atom stereocenters. The van der Waals surface area contributed by atoms with Crippen LogP contribution in [-0.4, -0.2) is 60.7 Å². The summed E-state index contributed by atoms with van der Waals surface area (Å²) in [6.07, 6.45) is -0.262. The third kappa shape index (κ3) is 9.36. The lowest BCUT2D eigenvalue weighted by atomic mass is 10.00. The lowest BCUT2D eigenvalue weighted by Crippen LogP contribution is -2.57. The molecule has 0 aliphatic carbocycles. The third-order valence-electron chi connectivity index (χ3n) is 5.57. The number of hydrogen-bond donors (Lipinski definition) is 4. The normalized spacial score (nSPS) is 17.9. The van der Waals surface area contributed by atoms with Crippen LogP contribution >= 0.6 is 0 Å². The zero-order chi connectivity index (χ0) is 22.7. The molecule has 5 N–H and O–H groups in total. The third-order valence-corrected chi connectivity index (χ3v) is 5.57. The highest BCUT2D eigenvalue weighted by Gasteiger charge is 2.29. The van der Waals surface area contributed by atoms with Crippen molar-refractivity contribution in [1.82, 2.24) is 15.5 Å². The van der Waals surface area contributed by atoms with E-state index in [1.54, 1.807) is 7.11 Å². The van der Waals surface area contributed by atoms with E-state index in [4.69, 9.17) is 10.5 Å². The predicted molar refractivity (Wildman–Crippen MR) is 124 cm³/mol. The first-order chi connectivity index (χ1) is 13.5. The quantitative estimate of drug-likeness (QED) is 0.211. The van der Waals surface area contributed by atoms with Gasteiger partial charge in [-0.15, -0.1) is 0 Å². The molecule has 0 bridgehead atoms. The van der Waals surface area contributed by atoms with Crippen molar-refractivity contribution >= 4 is 5.96 Å². The average Bonchev–Trinajstić information content (AvgIpc) is 2.63. The molecular formula is C22H47N5O2. The summed E-state index contributed by atoms with van der Waals surface area (Å²) in [6.45, 7) is 20.4. The average molecular weight is 414 g/mol. The zero-order valence-corrected chi connectivity index (χ0v) is 20.4. The topological polar surface area (TPSA) is 95.1 Å². The Balaban J connectivity index is 5.46. The Morgan fingerprint density at radius 2 is 1.72 bits per heavy atom. The van der Waals surface area contributed by atoms with Crippen molar-refractivity contribution in [1.29, 1.82) is 0 Å². The van der Waals surface area contributed by atoms with Gasteiger partial charge in [-0.05, 0) is 52.0 Å². The van der Waals surface area contributed by atoms with Crippen molar-refractivity contribution in [3.05, 3.63) is 11.3 Å². The van der Waals surface area contributed by atoms with Crippen molar-refractivity contribution in [2.24, 2.45) is 22.6 Å². The zero-order valence-electron chi connectivity index (χ0n) is 20.4. The highest BCUT2D eigenvalue weighted by Crippen LogP contribution is 2.18. The number of rotatable bonds is 13. The van der Waals surface area contributed by atoms with Gasteiger partial charge in [-0.3, -0.25) is 4.90 Å². The van der Waals surface area contributed by atoms with E-state index in [0.717, 1.165) is 12.2 Å². The van der Waals surface area contributed by atoms with E-state index in [0.29, 0.717) is 30.8 Å². The number of methoxy groups -OCH3 is 1. The van der Waals surface area contributed by atoms with Crippen molar-refractivity contribution < 1.29 is 9.84 Å². The largest absolute Gasteiger partial charge is 0.387 e. The van der Waals surface area contributed by atoms with Crippen LogP contribution in [0.15, 0.2) is 16.3 Å². The first kappa shape index (κ1) is 27.7. The molecule has 0 amide bonds. The van der Waals surface area contributed by atoms with Crippen LogP contribution in [0.3, 0.4) is 0 Å². The van der Waals surface area contributed by atoms with Crippen LogP contribution in [0.4, 0.5) is 0 Å². The Bertz CT molecular complexity index is 519. The molecule has 0 aromatic rings. The maximum Gasteiger partial charge on any atom is 0.190 e. The molecule has 0 saturated carbocycles. The van der Waals surface area contributed by atoms with E-state index in [-0.39, 0.29) is 18.2 Å². The van der Waals surface area contributed by atoms with E-state index in [2.05, 4.69) is 64.1 Å². The second-order valence-electron chi connectivity index (χ2n) is 8.49. The Kier molecular flexibility index (Phi) is 13.2. The molecule has 0 aliphatic rings. The van der Waals surface area contributed by atoms with Crippen molar-refractivity contribution in [2.75, 3.05) is 20.3 Å². The van der Waals surface area contributed by atoms with Gasteiger partial charge in [0.15, 0.2) is 5.96 Å². The number of guanidine groups is 1. The molecular weight excluding hydrogens is 366 g/mol. The summed E-state index contributed by atoms with van der Waals surface area (Å²) in [5.41, 5.74) is 8.66. The molecule has 172 valence electrons. The minimum Gasteiger partial charge on any atom is -0.387 e. The van der Waals surface area contributed by atoms with Gasteiger partial charge >= 0.3 is 0 Å². The Hall–Kier alpha value is -1.31. The van der Waals surface area contributed by atoms with Gasteiger partial charge in [0.05, 0.1) is 12.2 Å². The maximum atomic E-state index is 10.7. The van der Waals surface area contributed by atoms with E-state index in [1.165, 1.54) is 5.57 Å². The maximum absolute atomic E-state index is 10.7. The molecule has 0 saturated heterocycles. The van der Waals surface area contributed by atoms with Crippen LogP contribution in [0, 0.1) is 11.8 Å². The molecule has 0 radical (unpaired) electrons. The standard InChI is InChI=1S/C22H47N5O2/c1-11-24-21(16(6)14(2)3)17(7)25-22(23)26-19(9)27(18(8)15(4)5)20(28)12-13-29-10/h14-15,17-20,24,28H,11-13H2,1-10H3,(H3,23,25,26)/b21-16-/t17-,18+,19-,20?/m0/s1. The Labute approximate surface area is 179 Å². The molecule has 0 heterocycles. The number of ether oxygens (including phenoxy) is 1. The van der Waals surface area contributed by atoms with Gasteiger partial charge < -0.3 is 26.2 Å². The molecule has 4 atom stereocenters. The minimum absolute atomic E-state index is 0.0774. The smallest absolute Gasteiger partial charge is 0.190 e. The molecule has 0 aliphatic heterocycles. The highest BCUT2D eigenvalue weighted by molar-refractivity contribution is 5.78. The predicted octanol–water partition coefficient (Wildman–Crippen LogP) is 2.87. The number of nitrogens with two attached hydrogens (primary N) is 1. The van der Waals surface area contributed by atoms with Crippen LogP contribution < -0.4 is 16.4 Å². The van der Waals surface area contributed by atoms with Crippen LogP contribution in [0.5, 0.6) is 0 Å². The molecule has 0 fully saturated rings. The second-order valence-corrected chi connectivity index (χ2v) is 8.49. The van der Waals surface area contributed by atoms with Crippen LogP contribution in [0.1, 0.15) is 68.7 Å². The van der Waals surface area contributed by atoms with E-state index in [1.807, 2.05) is 18.7 Å². The molecule has 7 nitrogen and oxygen atoms in total. The van der Waals surface area contributed by atoms with Gasteiger partial charge in [-0.1, -0.05) is 27.7 Å². The highest BCUT2D eigenvalue weighted by atomic mass is 16.5. The number of hydrogen-bond acceptors (Lipinski definition) is 5. The number of aliphatic hydroxyl groups excluding tert-OH is 1. The molecule has 0 aromatic carbocycles. The summed E-state index contributed by atoms with van der Waals surface area (Å²) in [7, 11) is 1.64. The summed E-state index contributed by atoms with van der Waals surface area (Å²) >= 11 is 0. The van der Waals surface area contributed by atoms with Crippen molar-refractivity contribution in [2.45, 2.75) is 93.2 Å². The number of aliphatic hydroxyl groups is 1. The number of likely N-dealkylation sites (N-methyl/N-ethyl adjacent to an activating group) is 1. The van der Waals surface area contributed by atoms with Crippen LogP contribution in [-0.2, 0) is 4.74 Å². The van der Waals surface area contributed by atoms with Gasteiger partial charge in [-0.25, -0.2) is 4.99 Å². The molecule has 7 heteroatoms. The number of nitrogens with zero attached hydrogens (tertiary/aromatic N) is 2. The van der Waals surface area contributed by atoms with Crippen LogP contribution in [0.2, 0.25) is 0 Å². The fraction of sp³-hybridized carbons (Fsp3) is 0.864. The lowest BCUT2D eigenvalue weighted by Gasteiger charge is -2.40. The minimum atomic E-state index is -0.625. The monoisotopic (exact) mass is 413 g/mol. The molecule has 0 spiro atoms. The second kappa shape index (κ2) is 13.8. The number of nitrogens with one attached hydrogen (secondary N) is 2. The van der Waals surface area contributed by atoms with Crippen LogP contribution in [0.25, 0.3) is 0 Å². The SMILES string of the molecule is CCN/C(=C(/C)C(C)C)[C@H](C)N=C(N)N[C@H](C)N(C(O)CCOC)[C@H](C)C(C)C. The fourth-order valence-corrected chi connectivity index (χ4v) is 3.32. The molecule has 29 heavy (non-hydrogen) atoms. The first-order valence-corrected chi connectivity index (χ1v) is 11.0. The summed E-state index contributed by atoms with van der Waals surface area (Å²) < 4.78 is 5.14. The van der Waals surface area contributed by atoms with E-state index >= 15 is 0 Å². The van der Waals surface area contributed by atoms with Gasteiger partial charge in [0.2, 0.25) is 0 Å². The summed E-state index contributed by atoms with van der Waals surface area (Å²) in [6, 6.07) is 0.0846. The summed E-state index contributed by atoms with van der Waals surface area (Å²) in [4.78, 5) is 6.72. The molecule has 0 rings (SSSR count). The number of aliphatic imine (C=N–C) groups is 1.